The SMILES string of the molecule is Cc1ccc(Nc2ncnc(NCC3CCCO3)c2[N+](=O)[O-])cc1. The zero-order valence-electron chi connectivity index (χ0n) is 13.4. The Morgan fingerprint density at radius 2 is 2.04 bits per heavy atom. The average molecular weight is 329 g/mol. The molecule has 0 bridgehead atoms. The second-order valence-corrected chi connectivity index (χ2v) is 5.68. The highest BCUT2D eigenvalue weighted by atomic mass is 16.6. The van der Waals surface area contributed by atoms with Crippen molar-refractivity contribution < 1.29 is 9.66 Å². The number of aryl methyl sites for hydroxylation is 1. The van der Waals surface area contributed by atoms with Gasteiger partial charge in [0.1, 0.15) is 6.33 Å². The molecule has 0 radical (unpaired) electrons. The summed E-state index contributed by atoms with van der Waals surface area (Å²) in [6.45, 7) is 3.20. The number of ether oxygens (including phenoxy) is 1. The molecule has 0 amide bonds. The Morgan fingerprint density at radius 3 is 2.71 bits per heavy atom. The highest BCUT2D eigenvalue weighted by Gasteiger charge is 2.24. The fourth-order valence-electron chi connectivity index (χ4n) is 2.56. The van der Waals surface area contributed by atoms with Crippen LogP contribution in [0.15, 0.2) is 30.6 Å². The zero-order chi connectivity index (χ0) is 16.9. The topological polar surface area (TPSA) is 102 Å². The Bertz CT molecular complexity index is 714. The van der Waals surface area contributed by atoms with E-state index in [4.69, 9.17) is 4.74 Å². The highest BCUT2D eigenvalue weighted by molar-refractivity contribution is 5.73. The first-order chi connectivity index (χ1) is 11.6. The van der Waals surface area contributed by atoms with E-state index in [1.54, 1.807) is 0 Å². The number of hydrogen-bond acceptors (Lipinski definition) is 7. The second-order valence-electron chi connectivity index (χ2n) is 5.68. The number of rotatable bonds is 6. The van der Waals surface area contributed by atoms with Crippen molar-refractivity contribution in [1.82, 2.24) is 9.97 Å². The predicted molar refractivity (Wildman–Crippen MR) is 90.6 cm³/mol. The minimum Gasteiger partial charge on any atom is -0.376 e. The Kier molecular flexibility index (Phi) is 4.85. The molecule has 8 heteroatoms. The molecule has 1 saturated heterocycles. The fraction of sp³-hybridized carbons (Fsp3) is 0.375. The third-order valence-electron chi connectivity index (χ3n) is 3.84. The van der Waals surface area contributed by atoms with Crippen LogP contribution in [0.3, 0.4) is 0 Å². The lowest BCUT2D eigenvalue weighted by Gasteiger charge is -2.13. The van der Waals surface area contributed by atoms with Crippen molar-refractivity contribution in [3.8, 4) is 0 Å². The summed E-state index contributed by atoms with van der Waals surface area (Å²) in [6, 6.07) is 7.54. The molecule has 1 aromatic heterocycles. The molecule has 3 rings (SSSR count). The van der Waals surface area contributed by atoms with E-state index in [0.717, 1.165) is 30.7 Å². The third-order valence-corrected chi connectivity index (χ3v) is 3.84. The minimum absolute atomic E-state index is 0.0630. The maximum Gasteiger partial charge on any atom is 0.353 e. The number of aromatic nitrogens is 2. The van der Waals surface area contributed by atoms with Crippen LogP contribution in [-0.2, 0) is 4.74 Å². The molecule has 2 aromatic rings. The monoisotopic (exact) mass is 329 g/mol. The molecule has 24 heavy (non-hydrogen) atoms. The molecule has 1 aliphatic heterocycles. The number of nitro groups is 1. The number of anilines is 3. The summed E-state index contributed by atoms with van der Waals surface area (Å²) < 4.78 is 5.52. The van der Waals surface area contributed by atoms with E-state index in [2.05, 4.69) is 20.6 Å². The quantitative estimate of drug-likeness (QED) is 0.620. The lowest BCUT2D eigenvalue weighted by atomic mass is 10.2. The summed E-state index contributed by atoms with van der Waals surface area (Å²) >= 11 is 0. The smallest absolute Gasteiger partial charge is 0.353 e. The summed E-state index contributed by atoms with van der Waals surface area (Å²) in [4.78, 5) is 19.1. The van der Waals surface area contributed by atoms with Gasteiger partial charge in [0.05, 0.1) is 11.0 Å². The third kappa shape index (κ3) is 3.77. The van der Waals surface area contributed by atoms with Crippen molar-refractivity contribution in [3.63, 3.8) is 0 Å². The van der Waals surface area contributed by atoms with Crippen LogP contribution < -0.4 is 10.6 Å². The molecule has 1 atom stereocenters. The van der Waals surface area contributed by atoms with Gasteiger partial charge < -0.3 is 15.4 Å². The molecule has 1 aliphatic rings. The lowest BCUT2D eigenvalue weighted by molar-refractivity contribution is -0.383. The molecular formula is C16H19N5O3. The first kappa shape index (κ1) is 16.1. The van der Waals surface area contributed by atoms with E-state index in [1.165, 1.54) is 6.33 Å². The molecule has 126 valence electrons. The van der Waals surface area contributed by atoms with Crippen LogP contribution in [0.1, 0.15) is 18.4 Å². The molecule has 8 nitrogen and oxygen atoms in total. The molecule has 0 spiro atoms. The molecule has 1 fully saturated rings. The second kappa shape index (κ2) is 7.22. The first-order valence-electron chi connectivity index (χ1n) is 7.82. The van der Waals surface area contributed by atoms with E-state index in [9.17, 15) is 10.1 Å². The molecule has 1 aromatic carbocycles. The van der Waals surface area contributed by atoms with Crippen molar-refractivity contribution in [2.45, 2.75) is 25.9 Å². The van der Waals surface area contributed by atoms with E-state index in [0.29, 0.717) is 6.54 Å². The fourth-order valence-corrected chi connectivity index (χ4v) is 2.56. The summed E-state index contributed by atoms with van der Waals surface area (Å²) in [5, 5.41) is 17.5. The Labute approximate surface area is 139 Å². The van der Waals surface area contributed by atoms with E-state index < -0.39 is 4.92 Å². The van der Waals surface area contributed by atoms with Crippen molar-refractivity contribution >= 4 is 23.0 Å². The summed E-state index contributed by atoms with van der Waals surface area (Å²) in [5.41, 5.74) is 1.67. The first-order valence-corrected chi connectivity index (χ1v) is 7.82. The summed E-state index contributed by atoms with van der Waals surface area (Å²) in [5.74, 6) is 0.355. The van der Waals surface area contributed by atoms with E-state index >= 15 is 0 Å². The number of nitrogens with zero attached hydrogens (tertiary/aromatic N) is 3. The van der Waals surface area contributed by atoms with Crippen LogP contribution in [0.5, 0.6) is 0 Å². The highest BCUT2D eigenvalue weighted by Crippen LogP contribution is 2.31. The molecule has 0 aliphatic carbocycles. The zero-order valence-corrected chi connectivity index (χ0v) is 13.4. The summed E-state index contributed by atoms with van der Waals surface area (Å²) in [7, 11) is 0. The maximum atomic E-state index is 11.5. The Morgan fingerprint density at radius 1 is 1.29 bits per heavy atom. The standard InChI is InChI=1S/C16H19N5O3/c1-11-4-6-12(7-5-11)20-16-14(21(22)23)15(18-10-19-16)17-9-13-3-2-8-24-13/h4-7,10,13H,2-3,8-9H2,1H3,(H2,17,18,19,20). The van der Waals surface area contributed by atoms with Crippen LogP contribution in [0.4, 0.5) is 23.0 Å². The van der Waals surface area contributed by atoms with Crippen molar-refractivity contribution in [3.05, 3.63) is 46.3 Å². The number of benzene rings is 1. The van der Waals surface area contributed by atoms with Gasteiger partial charge in [-0.1, -0.05) is 17.7 Å². The number of hydrogen-bond donors (Lipinski definition) is 2. The van der Waals surface area contributed by atoms with Crippen LogP contribution in [0.25, 0.3) is 0 Å². The minimum atomic E-state index is -0.478. The van der Waals surface area contributed by atoms with Crippen molar-refractivity contribution in [2.75, 3.05) is 23.8 Å². The molecular weight excluding hydrogens is 310 g/mol. The van der Waals surface area contributed by atoms with Gasteiger partial charge in [0.25, 0.3) is 0 Å². The van der Waals surface area contributed by atoms with Gasteiger partial charge in [0.15, 0.2) is 0 Å². The van der Waals surface area contributed by atoms with Crippen molar-refractivity contribution in [2.24, 2.45) is 0 Å². The number of nitrogens with one attached hydrogen (secondary N) is 2. The summed E-state index contributed by atoms with van der Waals surface area (Å²) in [6.07, 6.45) is 3.33. The van der Waals surface area contributed by atoms with E-state index in [-0.39, 0.29) is 23.4 Å². The van der Waals surface area contributed by atoms with Crippen LogP contribution in [0, 0.1) is 17.0 Å². The van der Waals surface area contributed by atoms with Crippen LogP contribution >= 0.6 is 0 Å². The molecule has 2 heterocycles. The predicted octanol–water partition coefficient (Wildman–Crippen LogP) is 3.03. The lowest BCUT2D eigenvalue weighted by Crippen LogP contribution is -2.20. The average Bonchev–Trinajstić information content (AvgIpc) is 3.08. The normalized spacial score (nSPS) is 16.8. The van der Waals surface area contributed by atoms with Crippen LogP contribution in [0.2, 0.25) is 0 Å². The largest absolute Gasteiger partial charge is 0.376 e. The van der Waals surface area contributed by atoms with E-state index in [1.807, 2.05) is 31.2 Å². The van der Waals surface area contributed by atoms with Gasteiger partial charge in [-0.2, -0.15) is 0 Å². The molecule has 2 N–H and O–H groups in total. The van der Waals surface area contributed by atoms with Gasteiger partial charge >= 0.3 is 5.69 Å². The molecule has 0 saturated carbocycles. The Balaban J connectivity index is 1.81. The van der Waals surface area contributed by atoms with Gasteiger partial charge in [-0.25, -0.2) is 9.97 Å². The van der Waals surface area contributed by atoms with Crippen molar-refractivity contribution in [1.29, 1.82) is 0 Å². The van der Waals surface area contributed by atoms with Gasteiger partial charge in [0.2, 0.25) is 11.6 Å². The van der Waals surface area contributed by atoms with Gasteiger partial charge in [-0.15, -0.1) is 0 Å². The van der Waals surface area contributed by atoms with Gasteiger partial charge in [-0.3, -0.25) is 10.1 Å². The van der Waals surface area contributed by atoms with Crippen LogP contribution in [-0.4, -0.2) is 34.1 Å². The molecule has 1 unspecified atom stereocenters. The van der Waals surface area contributed by atoms with Gasteiger partial charge in [0, 0.05) is 18.8 Å². The Hall–Kier alpha value is -2.74. The maximum absolute atomic E-state index is 11.5. The van der Waals surface area contributed by atoms with Gasteiger partial charge in [-0.05, 0) is 31.9 Å².